The van der Waals surface area contributed by atoms with Crippen LogP contribution in [0.5, 0.6) is 0 Å². The number of hydrogen-bond donors (Lipinski definition) is 1. The van der Waals surface area contributed by atoms with Gasteiger partial charge in [0.05, 0.1) is 11.5 Å². The van der Waals surface area contributed by atoms with E-state index in [2.05, 4.69) is 74.0 Å². The molecule has 1 heterocycles. The summed E-state index contributed by atoms with van der Waals surface area (Å²) in [6.45, 7) is 4.53. The maximum absolute atomic E-state index is 10.5. The number of fused-ring (bicyclic) bond motifs is 2. The molecule has 0 bridgehead atoms. The van der Waals surface area contributed by atoms with Crippen molar-refractivity contribution in [3.05, 3.63) is 83.4 Å². The summed E-state index contributed by atoms with van der Waals surface area (Å²) in [5.41, 5.74) is 6.20. The summed E-state index contributed by atoms with van der Waals surface area (Å²) in [5, 5.41) is 10.5. The Kier molecular flexibility index (Phi) is 3.73. The zero-order valence-corrected chi connectivity index (χ0v) is 15.0. The van der Waals surface area contributed by atoms with E-state index >= 15 is 0 Å². The van der Waals surface area contributed by atoms with E-state index in [0.717, 1.165) is 0 Å². The second kappa shape index (κ2) is 5.82. The first-order valence-corrected chi connectivity index (χ1v) is 8.84. The van der Waals surface area contributed by atoms with Crippen LogP contribution in [-0.4, -0.2) is 28.5 Å². The molecule has 2 unspecified atom stereocenters. The van der Waals surface area contributed by atoms with Crippen molar-refractivity contribution in [1.29, 1.82) is 0 Å². The Bertz CT molecular complexity index is 917. The summed E-state index contributed by atoms with van der Waals surface area (Å²) in [7, 11) is 2.12. The zero-order valence-electron chi connectivity index (χ0n) is 15.0. The third kappa shape index (κ3) is 2.49. The third-order valence-corrected chi connectivity index (χ3v) is 5.60. The van der Waals surface area contributed by atoms with E-state index in [1.165, 1.54) is 28.1 Å². The van der Waals surface area contributed by atoms with Gasteiger partial charge in [0.25, 0.3) is 0 Å². The maximum atomic E-state index is 10.5. The van der Waals surface area contributed by atoms with Crippen LogP contribution in [0, 0.1) is 0 Å². The average molecular weight is 330 g/mol. The molecule has 2 aliphatic rings. The molecule has 25 heavy (non-hydrogen) atoms. The van der Waals surface area contributed by atoms with Crippen LogP contribution in [-0.2, 0) is 5.41 Å². The molecule has 2 atom stereocenters. The van der Waals surface area contributed by atoms with Crippen molar-refractivity contribution in [2.24, 2.45) is 0 Å². The van der Waals surface area contributed by atoms with E-state index in [1.807, 2.05) is 24.3 Å². The minimum atomic E-state index is -0.482. The summed E-state index contributed by atoms with van der Waals surface area (Å²) >= 11 is 0. The van der Waals surface area contributed by atoms with Gasteiger partial charge in [-0.25, -0.2) is 0 Å². The van der Waals surface area contributed by atoms with Crippen LogP contribution in [0.3, 0.4) is 0 Å². The number of aliphatic hydroxyl groups excluding tert-OH is 1. The van der Waals surface area contributed by atoms with Gasteiger partial charge in [0, 0.05) is 23.6 Å². The highest BCUT2D eigenvalue weighted by Crippen LogP contribution is 2.39. The molecule has 0 aromatic heterocycles. The van der Waals surface area contributed by atoms with Crippen LogP contribution in [0.4, 0.5) is 5.69 Å². The van der Waals surface area contributed by atoms with Crippen LogP contribution in [0.25, 0.3) is 6.08 Å². The molecule has 2 heteroatoms. The fourth-order valence-corrected chi connectivity index (χ4v) is 4.19. The Morgan fingerprint density at radius 2 is 1.76 bits per heavy atom. The van der Waals surface area contributed by atoms with Gasteiger partial charge in [-0.3, -0.25) is 0 Å². The molecule has 1 N–H and O–H groups in total. The van der Waals surface area contributed by atoms with E-state index in [4.69, 9.17) is 0 Å². The van der Waals surface area contributed by atoms with Gasteiger partial charge in [-0.2, -0.15) is 4.58 Å². The first-order valence-electron chi connectivity index (χ1n) is 8.84. The lowest BCUT2D eigenvalue weighted by molar-refractivity contribution is -0.401. The number of benzene rings is 2. The number of rotatable bonds is 2. The largest absolute Gasteiger partial charge is 0.388 e. The molecule has 4 rings (SSSR count). The summed E-state index contributed by atoms with van der Waals surface area (Å²) < 4.78 is 2.27. The Balaban J connectivity index is 1.74. The van der Waals surface area contributed by atoms with E-state index in [9.17, 15) is 5.11 Å². The second-order valence-corrected chi connectivity index (χ2v) is 7.45. The summed E-state index contributed by atoms with van der Waals surface area (Å²) in [6.07, 6.45) is 7.78. The monoisotopic (exact) mass is 330 g/mol. The fraction of sp³-hybridized carbons (Fsp3) is 0.261. The topological polar surface area (TPSA) is 23.2 Å². The Morgan fingerprint density at radius 1 is 1.04 bits per heavy atom. The summed E-state index contributed by atoms with van der Waals surface area (Å²) in [6, 6.07) is 16.9. The first kappa shape index (κ1) is 16.0. The van der Waals surface area contributed by atoms with Crippen molar-refractivity contribution >= 4 is 17.5 Å². The molecule has 0 spiro atoms. The van der Waals surface area contributed by atoms with Crippen molar-refractivity contribution < 1.29 is 9.68 Å². The molecule has 2 nitrogen and oxygen atoms in total. The van der Waals surface area contributed by atoms with Crippen LogP contribution < -0.4 is 0 Å². The quantitative estimate of drug-likeness (QED) is 0.810. The SMILES string of the molecule is C[N+]1=C(C=CC2c3ccccc3C=CC2O)C(C)(C)c2ccccc21. The van der Waals surface area contributed by atoms with Gasteiger partial charge in [0.1, 0.15) is 7.05 Å². The van der Waals surface area contributed by atoms with E-state index < -0.39 is 6.10 Å². The lowest BCUT2D eigenvalue weighted by atomic mass is 9.80. The Morgan fingerprint density at radius 3 is 2.56 bits per heavy atom. The van der Waals surface area contributed by atoms with Crippen molar-refractivity contribution in [1.82, 2.24) is 0 Å². The normalized spacial score (nSPS) is 23.8. The average Bonchev–Trinajstić information content (AvgIpc) is 2.81. The number of para-hydroxylation sites is 1. The highest BCUT2D eigenvalue weighted by molar-refractivity contribution is 6.03. The maximum Gasteiger partial charge on any atom is 0.209 e. The van der Waals surface area contributed by atoms with Crippen LogP contribution in [0.15, 0.2) is 66.8 Å². The predicted molar refractivity (Wildman–Crippen MR) is 104 cm³/mol. The Labute approximate surface area is 149 Å². The van der Waals surface area contributed by atoms with Gasteiger partial charge < -0.3 is 5.11 Å². The summed E-state index contributed by atoms with van der Waals surface area (Å²) in [4.78, 5) is 0. The van der Waals surface area contributed by atoms with Gasteiger partial charge in [-0.15, -0.1) is 0 Å². The molecule has 0 saturated carbocycles. The van der Waals surface area contributed by atoms with E-state index in [1.54, 1.807) is 0 Å². The van der Waals surface area contributed by atoms with Crippen molar-refractivity contribution in [3.63, 3.8) is 0 Å². The standard InChI is InChI=1S/C23H24NO/c1-23(2)19-10-6-7-11-20(19)24(3)22(23)15-13-18-17-9-5-4-8-16(17)12-14-21(18)25/h4-15,18,21,25H,1-3H3/q+1. The van der Waals surface area contributed by atoms with Gasteiger partial charge in [0.2, 0.25) is 5.69 Å². The molecule has 0 saturated heterocycles. The molecular weight excluding hydrogens is 306 g/mol. The first-order chi connectivity index (χ1) is 12.0. The van der Waals surface area contributed by atoms with Gasteiger partial charge in [0.15, 0.2) is 5.71 Å². The number of hydrogen-bond acceptors (Lipinski definition) is 1. The molecule has 0 radical (unpaired) electrons. The minimum Gasteiger partial charge on any atom is -0.388 e. The molecule has 2 aromatic rings. The number of aliphatic hydroxyl groups is 1. The lowest BCUT2D eigenvalue weighted by Crippen LogP contribution is -2.27. The summed E-state index contributed by atoms with van der Waals surface area (Å²) in [5.74, 6) is -0.0124. The van der Waals surface area contributed by atoms with Crippen molar-refractivity contribution in [2.45, 2.75) is 31.3 Å². The molecule has 0 fully saturated rings. The molecule has 126 valence electrons. The number of allylic oxidation sites excluding steroid dienone is 1. The molecule has 0 amide bonds. The predicted octanol–water partition coefficient (Wildman–Crippen LogP) is 4.42. The highest BCUT2D eigenvalue weighted by atomic mass is 16.3. The Hall–Kier alpha value is -2.45. The van der Waals surface area contributed by atoms with Gasteiger partial charge in [-0.1, -0.05) is 60.7 Å². The van der Waals surface area contributed by atoms with Crippen LogP contribution >= 0.6 is 0 Å². The zero-order chi connectivity index (χ0) is 17.6. The van der Waals surface area contributed by atoms with Crippen molar-refractivity contribution in [3.8, 4) is 0 Å². The molecule has 2 aromatic carbocycles. The lowest BCUT2D eigenvalue weighted by Gasteiger charge is -2.24. The van der Waals surface area contributed by atoms with Gasteiger partial charge in [-0.05, 0) is 25.0 Å². The second-order valence-electron chi connectivity index (χ2n) is 7.45. The minimum absolute atomic E-state index is 0.0124. The third-order valence-electron chi connectivity index (χ3n) is 5.60. The van der Waals surface area contributed by atoms with Crippen molar-refractivity contribution in [2.75, 3.05) is 7.05 Å². The highest BCUT2D eigenvalue weighted by Gasteiger charge is 2.42. The molecular formula is C23H24NO+. The van der Waals surface area contributed by atoms with E-state index in [0.29, 0.717) is 0 Å². The van der Waals surface area contributed by atoms with Crippen LogP contribution in [0.2, 0.25) is 0 Å². The smallest absolute Gasteiger partial charge is 0.209 e. The number of nitrogens with zero attached hydrogens (tertiary/aromatic N) is 1. The van der Waals surface area contributed by atoms with Crippen LogP contribution in [0.1, 0.15) is 36.5 Å². The molecule has 1 aliphatic carbocycles. The van der Waals surface area contributed by atoms with E-state index in [-0.39, 0.29) is 11.3 Å². The van der Waals surface area contributed by atoms with Gasteiger partial charge >= 0.3 is 0 Å². The fourth-order valence-electron chi connectivity index (χ4n) is 4.19. The molecule has 1 aliphatic heterocycles.